The van der Waals surface area contributed by atoms with E-state index >= 15 is 0 Å². The van der Waals surface area contributed by atoms with Crippen LogP contribution in [0.5, 0.6) is 11.5 Å². The van der Waals surface area contributed by atoms with Crippen LogP contribution in [0.4, 0.5) is 0 Å². The minimum Gasteiger partial charge on any atom is -0.487 e. The zero-order valence-corrected chi connectivity index (χ0v) is 19.1. The summed E-state index contributed by atoms with van der Waals surface area (Å²) >= 11 is 0. The number of carbonyl (C=O) groups excluding carboxylic acids is 1. The van der Waals surface area contributed by atoms with E-state index in [0.717, 1.165) is 60.5 Å². The molecule has 5 heteroatoms. The molecule has 2 aliphatic rings. The van der Waals surface area contributed by atoms with Crippen LogP contribution in [0.25, 0.3) is 0 Å². The fourth-order valence-corrected chi connectivity index (χ4v) is 4.70. The van der Waals surface area contributed by atoms with E-state index in [4.69, 9.17) is 9.47 Å². The molecule has 0 saturated carbocycles. The van der Waals surface area contributed by atoms with Gasteiger partial charge in [0, 0.05) is 25.1 Å². The number of ether oxygens (including phenoxy) is 2. The standard InChI is InChI=1S/C26H34N2O3/c1-18(2)20-10-9-19(3)15-24(20)30-17-25(29)27-22-16-26(11-13-28(4)14-12-26)31-23-8-6-5-7-21(22)23/h5-10,15,18,22H,11-14,16-17H2,1-4H3,(H,27,29). The molecule has 0 bridgehead atoms. The highest BCUT2D eigenvalue weighted by molar-refractivity contribution is 5.78. The number of fused-ring (bicyclic) bond motifs is 1. The minimum atomic E-state index is -0.207. The lowest BCUT2D eigenvalue weighted by Gasteiger charge is -2.46. The van der Waals surface area contributed by atoms with Crippen LogP contribution in [0.15, 0.2) is 42.5 Å². The Balaban J connectivity index is 1.47. The maximum atomic E-state index is 12.9. The van der Waals surface area contributed by atoms with Gasteiger partial charge in [0.25, 0.3) is 5.91 Å². The predicted molar refractivity (Wildman–Crippen MR) is 123 cm³/mol. The molecule has 2 aliphatic heterocycles. The van der Waals surface area contributed by atoms with Crippen molar-refractivity contribution in [1.29, 1.82) is 0 Å². The summed E-state index contributed by atoms with van der Waals surface area (Å²) in [7, 11) is 2.15. The average Bonchev–Trinajstić information content (AvgIpc) is 2.74. The van der Waals surface area contributed by atoms with Gasteiger partial charge in [0.1, 0.15) is 17.1 Å². The first kappa shape index (κ1) is 21.7. The number of benzene rings is 2. The third-order valence-electron chi connectivity index (χ3n) is 6.58. The zero-order chi connectivity index (χ0) is 22.0. The molecular formula is C26H34N2O3. The van der Waals surface area contributed by atoms with Crippen molar-refractivity contribution in [2.75, 3.05) is 26.7 Å². The van der Waals surface area contributed by atoms with E-state index in [1.807, 2.05) is 31.2 Å². The van der Waals surface area contributed by atoms with E-state index < -0.39 is 0 Å². The van der Waals surface area contributed by atoms with Gasteiger partial charge in [-0.25, -0.2) is 0 Å². The number of carbonyl (C=O) groups is 1. The molecule has 1 amide bonds. The smallest absolute Gasteiger partial charge is 0.258 e. The molecule has 5 nitrogen and oxygen atoms in total. The van der Waals surface area contributed by atoms with Crippen molar-refractivity contribution in [1.82, 2.24) is 10.2 Å². The van der Waals surface area contributed by atoms with Crippen molar-refractivity contribution in [3.8, 4) is 11.5 Å². The van der Waals surface area contributed by atoms with Crippen LogP contribution >= 0.6 is 0 Å². The monoisotopic (exact) mass is 422 g/mol. The molecule has 0 aliphatic carbocycles. The lowest BCUT2D eigenvalue weighted by atomic mass is 9.80. The molecule has 2 aromatic carbocycles. The van der Waals surface area contributed by atoms with Gasteiger partial charge in [0.2, 0.25) is 0 Å². The van der Waals surface area contributed by atoms with E-state index in [9.17, 15) is 4.79 Å². The number of piperidine rings is 1. The average molecular weight is 423 g/mol. The molecule has 1 atom stereocenters. The summed E-state index contributed by atoms with van der Waals surface area (Å²) in [5, 5.41) is 3.23. The van der Waals surface area contributed by atoms with E-state index in [-0.39, 0.29) is 24.2 Å². The van der Waals surface area contributed by atoms with Crippen molar-refractivity contribution in [2.45, 2.75) is 57.6 Å². The van der Waals surface area contributed by atoms with Crippen LogP contribution in [0.2, 0.25) is 0 Å². The topological polar surface area (TPSA) is 50.8 Å². The maximum absolute atomic E-state index is 12.9. The molecule has 1 N–H and O–H groups in total. The van der Waals surface area contributed by atoms with Crippen LogP contribution in [0.1, 0.15) is 61.8 Å². The van der Waals surface area contributed by atoms with Gasteiger partial charge in [0.15, 0.2) is 6.61 Å². The third-order valence-corrected chi connectivity index (χ3v) is 6.58. The fraction of sp³-hybridized carbons (Fsp3) is 0.500. The van der Waals surface area contributed by atoms with Gasteiger partial charge in [0.05, 0.1) is 6.04 Å². The van der Waals surface area contributed by atoms with Gasteiger partial charge in [-0.15, -0.1) is 0 Å². The number of nitrogens with one attached hydrogen (secondary N) is 1. The van der Waals surface area contributed by atoms with Crippen LogP contribution < -0.4 is 14.8 Å². The third kappa shape index (κ3) is 4.87. The highest BCUT2D eigenvalue weighted by Crippen LogP contribution is 2.44. The first-order valence-corrected chi connectivity index (χ1v) is 11.3. The molecular weight excluding hydrogens is 388 g/mol. The van der Waals surface area contributed by atoms with Gasteiger partial charge >= 0.3 is 0 Å². The van der Waals surface area contributed by atoms with Crippen LogP contribution in [0.3, 0.4) is 0 Å². The SMILES string of the molecule is Cc1ccc(C(C)C)c(OCC(=O)NC2CC3(CCN(C)CC3)Oc3ccccc32)c1. The molecule has 1 fully saturated rings. The summed E-state index contributed by atoms with van der Waals surface area (Å²) in [5.41, 5.74) is 3.10. The Labute approximate surface area is 185 Å². The Morgan fingerprint density at radius 1 is 1.23 bits per heavy atom. The Kier molecular flexibility index (Phi) is 6.24. The Bertz CT molecular complexity index is 932. The van der Waals surface area contributed by atoms with Gasteiger partial charge in [-0.05, 0) is 56.0 Å². The molecule has 0 aromatic heterocycles. The molecule has 2 aromatic rings. The number of hydrogen-bond donors (Lipinski definition) is 1. The second-order valence-corrected chi connectivity index (χ2v) is 9.44. The van der Waals surface area contributed by atoms with Crippen LogP contribution in [0, 0.1) is 6.92 Å². The summed E-state index contributed by atoms with van der Waals surface area (Å²) in [6, 6.07) is 14.2. The normalized spacial score (nSPS) is 20.2. The number of hydrogen-bond acceptors (Lipinski definition) is 4. The summed E-state index contributed by atoms with van der Waals surface area (Å²) in [5.74, 6) is 1.93. The van der Waals surface area contributed by atoms with Crippen molar-refractivity contribution in [2.24, 2.45) is 0 Å². The molecule has 0 radical (unpaired) electrons. The van der Waals surface area contributed by atoms with E-state index in [1.165, 1.54) is 0 Å². The lowest BCUT2D eigenvalue weighted by Crippen LogP contribution is -2.51. The summed E-state index contributed by atoms with van der Waals surface area (Å²) in [6.45, 7) is 8.35. The maximum Gasteiger partial charge on any atom is 0.258 e. The molecule has 2 heterocycles. The number of para-hydroxylation sites is 1. The van der Waals surface area contributed by atoms with E-state index in [0.29, 0.717) is 5.92 Å². The quantitative estimate of drug-likeness (QED) is 0.765. The minimum absolute atomic E-state index is 0.0123. The number of amides is 1. The molecule has 1 saturated heterocycles. The molecule has 4 rings (SSSR count). The first-order valence-electron chi connectivity index (χ1n) is 11.3. The summed E-state index contributed by atoms with van der Waals surface area (Å²) < 4.78 is 12.5. The Hall–Kier alpha value is -2.53. The van der Waals surface area contributed by atoms with Crippen molar-refractivity contribution >= 4 is 5.91 Å². The first-order chi connectivity index (χ1) is 14.8. The van der Waals surface area contributed by atoms with Crippen LogP contribution in [-0.2, 0) is 4.79 Å². The summed E-state index contributed by atoms with van der Waals surface area (Å²) in [4.78, 5) is 15.2. The fourth-order valence-electron chi connectivity index (χ4n) is 4.70. The second kappa shape index (κ2) is 8.91. The van der Waals surface area contributed by atoms with E-state index in [1.54, 1.807) is 0 Å². The molecule has 31 heavy (non-hydrogen) atoms. The van der Waals surface area contributed by atoms with Crippen LogP contribution in [-0.4, -0.2) is 43.2 Å². The molecule has 166 valence electrons. The number of aryl methyl sites for hydroxylation is 1. The van der Waals surface area contributed by atoms with E-state index in [2.05, 4.69) is 49.3 Å². The van der Waals surface area contributed by atoms with Crippen molar-refractivity contribution in [3.05, 3.63) is 59.2 Å². The van der Waals surface area contributed by atoms with Gasteiger partial charge in [-0.3, -0.25) is 4.79 Å². The molecule has 1 unspecified atom stereocenters. The van der Waals surface area contributed by atoms with Crippen molar-refractivity contribution < 1.29 is 14.3 Å². The highest BCUT2D eigenvalue weighted by atomic mass is 16.5. The highest BCUT2D eigenvalue weighted by Gasteiger charge is 2.43. The summed E-state index contributed by atoms with van der Waals surface area (Å²) in [6.07, 6.45) is 2.74. The lowest BCUT2D eigenvalue weighted by molar-refractivity contribution is -0.124. The Morgan fingerprint density at radius 2 is 1.97 bits per heavy atom. The van der Waals surface area contributed by atoms with Gasteiger partial charge < -0.3 is 19.7 Å². The van der Waals surface area contributed by atoms with Crippen molar-refractivity contribution in [3.63, 3.8) is 0 Å². The predicted octanol–water partition coefficient (Wildman–Crippen LogP) is 4.60. The second-order valence-electron chi connectivity index (χ2n) is 9.44. The number of nitrogens with zero attached hydrogens (tertiary/aromatic N) is 1. The number of rotatable bonds is 5. The number of likely N-dealkylation sites (tertiary alicyclic amines) is 1. The largest absolute Gasteiger partial charge is 0.487 e. The Morgan fingerprint density at radius 3 is 2.71 bits per heavy atom. The van der Waals surface area contributed by atoms with Gasteiger partial charge in [-0.1, -0.05) is 44.2 Å². The zero-order valence-electron chi connectivity index (χ0n) is 19.1. The van der Waals surface area contributed by atoms with Gasteiger partial charge in [-0.2, -0.15) is 0 Å². The molecule has 1 spiro atoms.